The van der Waals surface area contributed by atoms with E-state index in [-0.39, 0.29) is 0 Å². The van der Waals surface area contributed by atoms with E-state index in [1.807, 2.05) is 26.0 Å². The van der Waals surface area contributed by atoms with Crippen LogP contribution in [-0.4, -0.2) is 15.2 Å². The smallest absolute Gasteiger partial charge is 0.155 e. The topological polar surface area (TPSA) is 41.6 Å². The SMILES string of the molecule is CC.Cc1cccc(-c2ncn[nH]2)c1. The summed E-state index contributed by atoms with van der Waals surface area (Å²) < 4.78 is 0. The molecule has 1 N–H and O–H groups in total. The lowest BCUT2D eigenvalue weighted by Gasteiger charge is -1.96. The van der Waals surface area contributed by atoms with Crippen LogP contribution in [0.4, 0.5) is 0 Å². The normalized spacial score (nSPS) is 9.07. The molecule has 3 heteroatoms. The van der Waals surface area contributed by atoms with Crippen molar-refractivity contribution in [1.29, 1.82) is 0 Å². The van der Waals surface area contributed by atoms with E-state index in [0.29, 0.717) is 0 Å². The fourth-order valence-corrected chi connectivity index (χ4v) is 1.14. The van der Waals surface area contributed by atoms with Gasteiger partial charge in [0, 0.05) is 5.56 Å². The minimum absolute atomic E-state index is 0.818. The standard InChI is InChI=1S/C9H9N3.C2H6/c1-7-3-2-4-8(5-7)9-10-6-11-12-9;1-2/h2-6H,1H3,(H,10,11,12);1-2H3. The number of nitrogens with zero attached hydrogens (tertiary/aromatic N) is 2. The summed E-state index contributed by atoms with van der Waals surface area (Å²) in [6.45, 7) is 6.06. The third-order valence-electron chi connectivity index (χ3n) is 1.71. The van der Waals surface area contributed by atoms with Gasteiger partial charge in [0.2, 0.25) is 0 Å². The van der Waals surface area contributed by atoms with Crippen LogP contribution in [0.3, 0.4) is 0 Å². The Morgan fingerprint density at radius 3 is 2.57 bits per heavy atom. The summed E-state index contributed by atoms with van der Waals surface area (Å²) in [7, 11) is 0. The minimum atomic E-state index is 0.818. The molecular formula is C11H15N3. The predicted octanol–water partition coefficient (Wildman–Crippen LogP) is 2.81. The molecule has 0 fully saturated rings. The molecule has 0 saturated heterocycles. The molecule has 0 atom stereocenters. The van der Waals surface area contributed by atoms with E-state index < -0.39 is 0 Å². The molecule has 0 amide bonds. The summed E-state index contributed by atoms with van der Waals surface area (Å²) in [4.78, 5) is 4.06. The zero-order valence-electron chi connectivity index (χ0n) is 8.78. The van der Waals surface area contributed by atoms with Gasteiger partial charge in [0.25, 0.3) is 0 Å². The van der Waals surface area contributed by atoms with Gasteiger partial charge in [-0.2, -0.15) is 5.10 Å². The van der Waals surface area contributed by atoms with Crippen molar-refractivity contribution in [3.63, 3.8) is 0 Å². The molecule has 1 aromatic carbocycles. The van der Waals surface area contributed by atoms with Gasteiger partial charge in [-0.1, -0.05) is 37.6 Å². The number of rotatable bonds is 1. The first kappa shape index (κ1) is 10.4. The Balaban J connectivity index is 0.000000461. The van der Waals surface area contributed by atoms with Crippen LogP contribution in [-0.2, 0) is 0 Å². The first-order chi connectivity index (χ1) is 6.86. The fourth-order valence-electron chi connectivity index (χ4n) is 1.14. The molecule has 14 heavy (non-hydrogen) atoms. The van der Waals surface area contributed by atoms with Crippen LogP contribution in [0.1, 0.15) is 19.4 Å². The van der Waals surface area contributed by atoms with Crippen LogP contribution < -0.4 is 0 Å². The second-order valence-electron chi connectivity index (χ2n) is 2.70. The third kappa shape index (κ3) is 2.42. The highest BCUT2D eigenvalue weighted by molar-refractivity contribution is 5.54. The van der Waals surface area contributed by atoms with Crippen LogP contribution >= 0.6 is 0 Å². The Kier molecular flexibility index (Phi) is 3.85. The average Bonchev–Trinajstić information content (AvgIpc) is 2.74. The largest absolute Gasteiger partial charge is 0.259 e. The highest BCUT2D eigenvalue weighted by Crippen LogP contribution is 2.14. The second kappa shape index (κ2) is 5.17. The highest BCUT2D eigenvalue weighted by atomic mass is 15.2. The van der Waals surface area contributed by atoms with Gasteiger partial charge < -0.3 is 0 Å². The van der Waals surface area contributed by atoms with E-state index in [1.165, 1.54) is 11.9 Å². The van der Waals surface area contributed by atoms with Crippen molar-refractivity contribution in [2.75, 3.05) is 0 Å². The van der Waals surface area contributed by atoms with Gasteiger partial charge >= 0.3 is 0 Å². The number of aromatic amines is 1. The van der Waals surface area contributed by atoms with Crippen molar-refractivity contribution in [2.24, 2.45) is 0 Å². The van der Waals surface area contributed by atoms with Gasteiger partial charge in [-0.15, -0.1) is 0 Å². The van der Waals surface area contributed by atoms with Crippen LogP contribution in [0.2, 0.25) is 0 Å². The highest BCUT2D eigenvalue weighted by Gasteiger charge is 1.98. The van der Waals surface area contributed by atoms with Gasteiger partial charge in [0.15, 0.2) is 5.82 Å². The van der Waals surface area contributed by atoms with E-state index in [9.17, 15) is 0 Å². The molecule has 3 nitrogen and oxygen atoms in total. The Morgan fingerprint density at radius 2 is 2.00 bits per heavy atom. The maximum absolute atomic E-state index is 4.06. The van der Waals surface area contributed by atoms with Gasteiger partial charge in [-0.25, -0.2) is 4.98 Å². The number of hydrogen-bond acceptors (Lipinski definition) is 2. The summed E-state index contributed by atoms with van der Waals surface area (Å²) in [6.07, 6.45) is 1.51. The summed E-state index contributed by atoms with van der Waals surface area (Å²) in [5.74, 6) is 0.818. The molecule has 2 rings (SSSR count). The quantitative estimate of drug-likeness (QED) is 0.749. The summed E-state index contributed by atoms with van der Waals surface area (Å²) in [6, 6.07) is 8.14. The number of nitrogens with one attached hydrogen (secondary N) is 1. The number of hydrogen-bond donors (Lipinski definition) is 1. The summed E-state index contributed by atoms with van der Waals surface area (Å²) in [5.41, 5.74) is 2.30. The molecule has 0 saturated carbocycles. The minimum Gasteiger partial charge on any atom is -0.259 e. The predicted molar refractivity (Wildman–Crippen MR) is 57.9 cm³/mol. The van der Waals surface area contributed by atoms with Crippen LogP contribution in [0.25, 0.3) is 11.4 Å². The maximum Gasteiger partial charge on any atom is 0.155 e. The van der Waals surface area contributed by atoms with Crippen LogP contribution in [0.5, 0.6) is 0 Å². The number of H-pyrrole nitrogens is 1. The first-order valence-electron chi connectivity index (χ1n) is 4.78. The molecule has 0 bridgehead atoms. The zero-order chi connectivity index (χ0) is 10.4. The lowest BCUT2D eigenvalue weighted by molar-refractivity contribution is 1.09. The van der Waals surface area contributed by atoms with Gasteiger partial charge in [-0.3, -0.25) is 5.10 Å². The van der Waals surface area contributed by atoms with Crippen molar-refractivity contribution in [2.45, 2.75) is 20.8 Å². The summed E-state index contributed by atoms with van der Waals surface area (Å²) in [5, 5.41) is 6.61. The molecule has 0 aliphatic rings. The zero-order valence-corrected chi connectivity index (χ0v) is 8.78. The fraction of sp³-hybridized carbons (Fsp3) is 0.273. The Labute approximate surface area is 84.2 Å². The third-order valence-corrected chi connectivity index (χ3v) is 1.71. The lowest BCUT2D eigenvalue weighted by atomic mass is 10.1. The molecule has 0 aliphatic heterocycles. The van der Waals surface area contributed by atoms with Crippen LogP contribution in [0.15, 0.2) is 30.6 Å². The molecule has 1 heterocycles. The molecule has 74 valence electrons. The number of benzene rings is 1. The van der Waals surface area contributed by atoms with Gasteiger partial charge in [-0.05, 0) is 13.0 Å². The summed E-state index contributed by atoms with van der Waals surface area (Å²) >= 11 is 0. The van der Waals surface area contributed by atoms with E-state index in [4.69, 9.17) is 0 Å². The van der Waals surface area contributed by atoms with Gasteiger partial charge in [0.1, 0.15) is 6.33 Å². The van der Waals surface area contributed by atoms with Crippen molar-refractivity contribution >= 4 is 0 Å². The van der Waals surface area contributed by atoms with Gasteiger partial charge in [0.05, 0.1) is 0 Å². The molecular weight excluding hydrogens is 174 g/mol. The molecule has 0 unspecified atom stereocenters. The van der Waals surface area contributed by atoms with Crippen molar-refractivity contribution in [3.8, 4) is 11.4 Å². The molecule has 0 radical (unpaired) electrons. The van der Waals surface area contributed by atoms with Crippen molar-refractivity contribution in [1.82, 2.24) is 15.2 Å². The number of aryl methyl sites for hydroxylation is 1. The average molecular weight is 189 g/mol. The number of aromatic nitrogens is 3. The van der Waals surface area contributed by atoms with E-state index in [2.05, 4.69) is 34.2 Å². The Morgan fingerprint density at radius 1 is 1.21 bits per heavy atom. The lowest BCUT2D eigenvalue weighted by Crippen LogP contribution is -1.81. The molecule has 2 aromatic rings. The second-order valence-corrected chi connectivity index (χ2v) is 2.70. The van der Waals surface area contributed by atoms with Crippen molar-refractivity contribution < 1.29 is 0 Å². The Bertz CT molecular complexity index is 366. The van der Waals surface area contributed by atoms with Crippen molar-refractivity contribution in [3.05, 3.63) is 36.2 Å². The molecule has 0 aliphatic carbocycles. The monoisotopic (exact) mass is 189 g/mol. The Hall–Kier alpha value is -1.64. The van der Waals surface area contributed by atoms with E-state index in [1.54, 1.807) is 0 Å². The van der Waals surface area contributed by atoms with E-state index in [0.717, 1.165) is 11.4 Å². The molecule has 0 spiro atoms. The van der Waals surface area contributed by atoms with Crippen LogP contribution in [0, 0.1) is 6.92 Å². The van der Waals surface area contributed by atoms with E-state index >= 15 is 0 Å². The molecule has 1 aromatic heterocycles. The maximum atomic E-state index is 4.06. The first-order valence-corrected chi connectivity index (χ1v) is 4.78.